The summed E-state index contributed by atoms with van der Waals surface area (Å²) in [6, 6.07) is 4.66. The number of halogens is 1. The zero-order valence-corrected chi connectivity index (χ0v) is 12.5. The molecule has 0 atom stereocenters. The SMILES string of the molecule is CCN(C1CCCC1)S(=O)(=O)c1cc(Cl)ccc1N. The van der Waals surface area contributed by atoms with Gasteiger partial charge in [-0.1, -0.05) is 31.4 Å². The van der Waals surface area contributed by atoms with E-state index in [0.717, 1.165) is 25.7 Å². The van der Waals surface area contributed by atoms with Crippen LogP contribution in [0.25, 0.3) is 0 Å². The summed E-state index contributed by atoms with van der Waals surface area (Å²) in [6.45, 7) is 2.32. The predicted molar refractivity (Wildman–Crippen MR) is 77.7 cm³/mol. The number of nitrogens with two attached hydrogens (primary N) is 1. The molecule has 0 heterocycles. The number of anilines is 1. The first-order valence-corrected chi connectivity index (χ1v) is 8.35. The fourth-order valence-electron chi connectivity index (χ4n) is 2.67. The lowest BCUT2D eigenvalue weighted by Gasteiger charge is -2.27. The molecule has 4 nitrogen and oxygen atoms in total. The number of nitrogen functional groups attached to an aromatic ring is 1. The standard InChI is InChI=1S/C13H19ClN2O2S/c1-2-16(11-5-3-4-6-11)19(17,18)13-9-10(14)7-8-12(13)15/h7-9,11H,2-6,15H2,1H3. The average Bonchev–Trinajstić information content (AvgIpc) is 2.86. The van der Waals surface area contributed by atoms with E-state index in [1.54, 1.807) is 10.4 Å². The average molecular weight is 303 g/mol. The summed E-state index contributed by atoms with van der Waals surface area (Å²) < 4.78 is 27.0. The third kappa shape index (κ3) is 2.88. The molecule has 6 heteroatoms. The lowest BCUT2D eigenvalue weighted by molar-refractivity contribution is 0.335. The molecule has 0 bridgehead atoms. The molecule has 0 amide bonds. The molecule has 0 saturated heterocycles. The van der Waals surface area contributed by atoms with Gasteiger partial charge in [0.2, 0.25) is 10.0 Å². The van der Waals surface area contributed by atoms with Crippen molar-refractivity contribution in [2.24, 2.45) is 0 Å². The Morgan fingerprint density at radius 3 is 2.58 bits per heavy atom. The summed E-state index contributed by atoms with van der Waals surface area (Å²) in [7, 11) is -3.56. The number of hydrogen-bond acceptors (Lipinski definition) is 3. The first-order chi connectivity index (χ1) is 8.96. The molecule has 2 N–H and O–H groups in total. The first kappa shape index (κ1) is 14.6. The van der Waals surface area contributed by atoms with Crippen LogP contribution >= 0.6 is 11.6 Å². The van der Waals surface area contributed by atoms with Gasteiger partial charge in [-0.25, -0.2) is 8.42 Å². The van der Waals surface area contributed by atoms with Crippen LogP contribution in [0.5, 0.6) is 0 Å². The van der Waals surface area contributed by atoms with E-state index in [1.165, 1.54) is 12.1 Å². The summed E-state index contributed by atoms with van der Waals surface area (Å²) in [6.07, 6.45) is 4.02. The van der Waals surface area contributed by atoms with Crippen LogP contribution in [-0.2, 0) is 10.0 Å². The van der Waals surface area contributed by atoms with Crippen molar-refractivity contribution in [1.82, 2.24) is 4.31 Å². The maximum atomic E-state index is 12.7. The number of sulfonamides is 1. The van der Waals surface area contributed by atoms with Crippen molar-refractivity contribution in [2.75, 3.05) is 12.3 Å². The quantitative estimate of drug-likeness (QED) is 0.870. The minimum atomic E-state index is -3.56. The Hall–Kier alpha value is -0.780. The van der Waals surface area contributed by atoms with Crippen molar-refractivity contribution in [3.63, 3.8) is 0 Å². The van der Waals surface area contributed by atoms with E-state index in [4.69, 9.17) is 17.3 Å². The van der Waals surface area contributed by atoms with Crippen LogP contribution in [0.4, 0.5) is 5.69 Å². The molecule has 19 heavy (non-hydrogen) atoms. The Bertz CT molecular complexity index is 554. The molecule has 1 aromatic carbocycles. The molecular formula is C13H19ClN2O2S. The minimum absolute atomic E-state index is 0.0911. The molecule has 1 fully saturated rings. The molecule has 1 aliphatic rings. The molecule has 1 aliphatic carbocycles. The van der Waals surface area contributed by atoms with Gasteiger partial charge in [-0.05, 0) is 31.0 Å². The van der Waals surface area contributed by atoms with Crippen LogP contribution in [0, 0.1) is 0 Å². The smallest absolute Gasteiger partial charge is 0.245 e. The van der Waals surface area contributed by atoms with E-state index in [1.807, 2.05) is 6.92 Å². The van der Waals surface area contributed by atoms with E-state index in [9.17, 15) is 8.42 Å². The van der Waals surface area contributed by atoms with Crippen LogP contribution in [-0.4, -0.2) is 25.3 Å². The lowest BCUT2D eigenvalue weighted by Crippen LogP contribution is -2.38. The van der Waals surface area contributed by atoms with Gasteiger partial charge in [0.25, 0.3) is 0 Å². The Kier molecular flexibility index (Phi) is 4.38. The van der Waals surface area contributed by atoms with Gasteiger partial charge in [0.1, 0.15) is 4.90 Å². The third-order valence-electron chi connectivity index (χ3n) is 3.61. The minimum Gasteiger partial charge on any atom is -0.398 e. The fourth-order valence-corrected chi connectivity index (χ4v) is 4.75. The van der Waals surface area contributed by atoms with Gasteiger partial charge in [0.05, 0.1) is 5.69 Å². The zero-order valence-electron chi connectivity index (χ0n) is 11.0. The molecular weight excluding hydrogens is 284 g/mol. The fraction of sp³-hybridized carbons (Fsp3) is 0.538. The van der Waals surface area contributed by atoms with Crippen LogP contribution in [0.3, 0.4) is 0 Å². The highest BCUT2D eigenvalue weighted by Gasteiger charge is 2.33. The molecule has 1 aromatic rings. The molecule has 0 radical (unpaired) electrons. The molecule has 1 saturated carbocycles. The lowest BCUT2D eigenvalue weighted by atomic mass is 10.2. The van der Waals surface area contributed by atoms with Crippen molar-refractivity contribution < 1.29 is 8.42 Å². The first-order valence-electron chi connectivity index (χ1n) is 6.53. The summed E-state index contributed by atoms with van der Waals surface area (Å²) in [5.74, 6) is 0. The third-order valence-corrected chi connectivity index (χ3v) is 5.92. The van der Waals surface area contributed by atoms with Crippen molar-refractivity contribution in [3.8, 4) is 0 Å². The molecule has 106 valence electrons. The summed E-state index contributed by atoms with van der Waals surface area (Å²) in [4.78, 5) is 0.119. The van der Waals surface area contributed by atoms with Crippen molar-refractivity contribution in [2.45, 2.75) is 43.5 Å². The van der Waals surface area contributed by atoms with Crippen molar-refractivity contribution in [3.05, 3.63) is 23.2 Å². The molecule has 0 aromatic heterocycles. The van der Waals surface area contributed by atoms with Gasteiger partial charge in [-0.3, -0.25) is 0 Å². The van der Waals surface area contributed by atoms with Crippen LogP contribution in [0.1, 0.15) is 32.6 Å². The number of hydrogen-bond donors (Lipinski definition) is 1. The highest BCUT2D eigenvalue weighted by atomic mass is 35.5. The van der Waals surface area contributed by atoms with Gasteiger partial charge < -0.3 is 5.73 Å². The summed E-state index contributed by atoms with van der Waals surface area (Å²) >= 11 is 5.89. The zero-order chi connectivity index (χ0) is 14.0. The van der Waals surface area contributed by atoms with E-state index in [-0.39, 0.29) is 16.6 Å². The van der Waals surface area contributed by atoms with Gasteiger partial charge >= 0.3 is 0 Å². The van der Waals surface area contributed by atoms with E-state index >= 15 is 0 Å². The van der Waals surface area contributed by atoms with E-state index in [0.29, 0.717) is 11.6 Å². The second kappa shape index (κ2) is 5.69. The van der Waals surface area contributed by atoms with Crippen molar-refractivity contribution >= 4 is 27.3 Å². The van der Waals surface area contributed by atoms with E-state index < -0.39 is 10.0 Å². The second-order valence-electron chi connectivity index (χ2n) is 4.83. The summed E-state index contributed by atoms with van der Waals surface area (Å²) in [5.41, 5.74) is 6.05. The van der Waals surface area contributed by atoms with Gasteiger partial charge in [-0.15, -0.1) is 0 Å². The monoisotopic (exact) mass is 302 g/mol. The molecule has 0 aliphatic heterocycles. The molecule has 0 spiro atoms. The largest absolute Gasteiger partial charge is 0.398 e. The Morgan fingerprint density at radius 2 is 2.00 bits per heavy atom. The normalized spacial score (nSPS) is 17.2. The summed E-state index contributed by atoms with van der Waals surface area (Å²) in [5, 5.41) is 0.384. The van der Waals surface area contributed by atoms with E-state index in [2.05, 4.69) is 0 Å². The molecule has 0 unspecified atom stereocenters. The second-order valence-corrected chi connectivity index (χ2v) is 7.12. The van der Waals surface area contributed by atoms with Crippen LogP contribution in [0.2, 0.25) is 5.02 Å². The van der Waals surface area contributed by atoms with Gasteiger partial charge in [0, 0.05) is 17.6 Å². The highest BCUT2D eigenvalue weighted by molar-refractivity contribution is 7.89. The van der Waals surface area contributed by atoms with Gasteiger partial charge in [0.15, 0.2) is 0 Å². The van der Waals surface area contributed by atoms with Crippen LogP contribution < -0.4 is 5.73 Å². The van der Waals surface area contributed by atoms with Crippen molar-refractivity contribution in [1.29, 1.82) is 0 Å². The number of rotatable bonds is 4. The Morgan fingerprint density at radius 1 is 1.37 bits per heavy atom. The predicted octanol–water partition coefficient (Wildman–Crippen LogP) is 2.88. The number of benzene rings is 1. The topological polar surface area (TPSA) is 63.4 Å². The Balaban J connectivity index is 2.42. The maximum absolute atomic E-state index is 12.7. The Labute approximate surface area is 119 Å². The van der Waals surface area contributed by atoms with Gasteiger partial charge in [-0.2, -0.15) is 4.31 Å². The highest BCUT2D eigenvalue weighted by Crippen LogP contribution is 2.31. The molecule has 2 rings (SSSR count). The number of nitrogens with zero attached hydrogens (tertiary/aromatic N) is 1. The maximum Gasteiger partial charge on any atom is 0.245 e. The van der Waals surface area contributed by atoms with Crippen LogP contribution in [0.15, 0.2) is 23.1 Å².